The van der Waals surface area contributed by atoms with E-state index in [1.54, 1.807) is 0 Å². The minimum absolute atomic E-state index is 0.0895. The number of nitrogens with zero attached hydrogens (tertiary/aromatic N) is 3. The molecule has 0 aromatic heterocycles. The number of urea groups is 1. The molecule has 11 nitrogen and oxygen atoms in total. The lowest BCUT2D eigenvalue weighted by Gasteiger charge is -2.36. The Hall–Kier alpha value is -2.56. The molecule has 3 heterocycles. The van der Waals surface area contributed by atoms with Crippen molar-refractivity contribution in [2.75, 3.05) is 19.6 Å². The first-order valence-electron chi connectivity index (χ1n) is 7.24. The summed E-state index contributed by atoms with van der Waals surface area (Å²) in [6.07, 6.45) is -0.192. The lowest BCUT2D eigenvalue weighted by atomic mass is 10.00. The van der Waals surface area contributed by atoms with Crippen LogP contribution in [0.3, 0.4) is 0 Å². The number of amides is 5. The molecule has 4 N–H and O–H groups in total. The van der Waals surface area contributed by atoms with Crippen LogP contribution in [0, 0.1) is 5.92 Å². The number of carbonyl (C=O) groups excluding carboxylic acids is 3. The van der Waals surface area contributed by atoms with Crippen molar-refractivity contribution >= 4 is 23.9 Å². The average molecular weight is 327 g/mol. The van der Waals surface area contributed by atoms with Gasteiger partial charge in [-0.15, -0.1) is 0 Å². The first-order valence-corrected chi connectivity index (χ1v) is 7.24. The number of carboxylic acid groups (broad SMARTS) is 1. The topological polar surface area (TPSA) is 143 Å². The molecule has 126 valence electrons. The monoisotopic (exact) mass is 327 g/mol. The fraction of sp³-hybridized carbons (Fsp3) is 0.667. The van der Waals surface area contributed by atoms with Crippen molar-refractivity contribution in [3.63, 3.8) is 0 Å². The van der Waals surface area contributed by atoms with E-state index in [1.807, 2.05) is 0 Å². The summed E-state index contributed by atoms with van der Waals surface area (Å²) >= 11 is 0. The van der Waals surface area contributed by atoms with E-state index in [2.05, 4.69) is 10.9 Å². The lowest BCUT2D eigenvalue weighted by molar-refractivity contribution is -0.136. The van der Waals surface area contributed by atoms with Crippen molar-refractivity contribution in [3.8, 4) is 0 Å². The molecule has 11 heteroatoms. The van der Waals surface area contributed by atoms with Crippen molar-refractivity contribution in [2.24, 2.45) is 5.92 Å². The summed E-state index contributed by atoms with van der Waals surface area (Å²) in [5.41, 5.74) is 4.52. The second kappa shape index (κ2) is 5.57. The summed E-state index contributed by atoms with van der Waals surface area (Å²) in [7, 11) is 0. The number of nitrogens with one attached hydrogen (secondary N) is 2. The molecule has 5 amide bonds. The van der Waals surface area contributed by atoms with E-state index >= 15 is 0 Å². The van der Waals surface area contributed by atoms with Crippen LogP contribution in [0.5, 0.6) is 0 Å². The van der Waals surface area contributed by atoms with Crippen molar-refractivity contribution in [2.45, 2.75) is 24.9 Å². The van der Waals surface area contributed by atoms with Gasteiger partial charge in [0.1, 0.15) is 6.04 Å². The molecule has 23 heavy (non-hydrogen) atoms. The fourth-order valence-electron chi connectivity index (χ4n) is 3.03. The molecule has 3 rings (SSSR count). The molecule has 0 aliphatic carbocycles. The average Bonchev–Trinajstić information content (AvgIpc) is 2.68. The highest BCUT2D eigenvalue weighted by atomic mass is 16.5. The smallest absolute Gasteiger partial charge is 0.407 e. The number of hydrazine groups is 1. The van der Waals surface area contributed by atoms with Crippen LogP contribution < -0.4 is 10.9 Å². The van der Waals surface area contributed by atoms with Gasteiger partial charge in [0.2, 0.25) is 5.91 Å². The van der Waals surface area contributed by atoms with Gasteiger partial charge in [-0.3, -0.25) is 25.6 Å². The van der Waals surface area contributed by atoms with Crippen LogP contribution in [-0.2, 0) is 9.59 Å². The van der Waals surface area contributed by atoms with Gasteiger partial charge in [-0.1, -0.05) is 0 Å². The summed E-state index contributed by atoms with van der Waals surface area (Å²) < 4.78 is 0. The molecule has 2 bridgehead atoms. The zero-order valence-corrected chi connectivity index (χ0v) is 12.1. The molecule has 0 unspecified atom stereocenters. The first-order chi connectivity index (χ1) is 10.9. The minimum Gasteiger partial charge on any atom is -0.465 e. The molecule has 0 spiro atoms. The first kappa shape index (κ1) is 15.3. The summed E-state index contributed by atoms with van der Waals surface area (Å²) in [5, 5.41) is 18.9. The Morgan fingerprint density at radius 3 is 2.35 bits per heavy atom. The van der Waals surface area contributed by atoms with Gasteiger partial charge in [0.15, 0.2) is 0 Å². The van der Waals surface area contributed by atoms with Crippen LogP contribution in [0.1, 0.15) is 12.8 Å². The van der Waals surface area contributed by atoms with Crippen LogP contribution in [-0.4, -0.2) is 80.8 Å². The van der Waals surface area contributed by atoms with Crippen LogP contribution in [0.25, 0.3) is 0 Å². The van der Waals surface area contributed by atoms with Gasteiger partial charge in [0.25, 0.3) is 5.91 Å². The van der Waals surface area contributed by atoms with Gasteiger partial charge in [-0.05, 0) is 12.8 Å². The normalized spacial score (nSPS) is 26.8. The predicted molar refractivity (Wildman–Crippen MR) is 71.9 cm³/mol. The number of piperidine rings is 1. The Balaban J connectivity index is 1.48. The van der Waals surface area contributed by atoms with E-state index < -0.39 is 35.9 Å². The van der Waals surface area contributed by atoms with E-state index in [4.69, 9.17) is 5.11 Å². The summed E-state index contributed by atoms with van der Waals surface area (Å²) in [6.45, 7) is 0.454. The molecular weight excluding hydrogens is 310 g/mol. The molecule has 2 atom stereocenters. The molecule has 3 saturated heterocycles. The number of hydroxylamine groups is 2. The number of rotatable bonds is 2. The van der Waals surface area contributed by atoms with Gasteiger partial charge in [-0.25, -0.2) is 14.7 Å². The number of likely N-dealkylation sites (tertiary alicyclic amines) is 1. The highest BCUT2D eigenvalue weighted by molar-refractivity contribution is 5.90. The molecule has 0 saturated carbocycles. The zero-order chi connectivity index (χ0) is 16.7. The largest absolute Gasteiger partial charge is 0.465 e. The van der Waals surface area contributed by atoms with Crippen molar-refractivity contribution in [3.05, 3.63) is 0 Å². The van der Waals surface area contributed by atoms with Crippen LogP contribution >= 0.6 is 0 Å². The van der Waals surface area contributed by atoms with Gasteiger partial charge in [0.05, 0.1) is 12.0 Å². The molecule has 0 aromatic rings. The van der Waals surface area contributed by atoms with Crippen LogP contribution in [0.4, 0.5) is 9.59 Å². The SMILES string of the molecule is O=C(NNC(=O)[C@H]1CC[C@H]2CN1C(=O)N2O)C1CN(C(=O)O)C1. The van der Waals surface area contributed by atoms with E-state index in [1.165, 1.54) is 4.90 Å². The molecule has 3 aliphatic rings. The Labute approximate surface area is 130 Å². The Morgan fingerprint density at radius 1 is 1.04 bits per heavy atom. The fourth-order valence-corrected chi connectivity index (χ4v) is 3.03. The Bertz CT molecular complexity index is 562. The Kier molecular flexibility index (Phi) is 3.72. The van der Waals surface area contributed by atoms with Crippen molar-refractivity contribution < 1.29 is 29.5 Å². The maximum atomic E-state index is 12.1. The third-order valence-corrected chi connectivity index (χ3v) is 4.48. The van der Waals surface area contributed by atoms with E-state index in [0.717, 1.165) is 4.90 Å². The Morgan fingerprint density at radius 2 is 1.70 bits per heavy atom. The van der Waals surface area contributed by atoms with Crippen LogP contribution in [0.15, 0.2) is 0 Å². The molecule has 3 fully saturated rings. The lowest BCUT2D eigenvalue weighted by Crippen LogP contribution is -2.60. The van der Waals surface area contributed by atoms with Gasteiger partial charge < -0.3 is 14.9 Å². The second-order valence-electron chi connectivity index (χ2n) is 5.89. The maximum absolute atomic E-state index is 12.1. The van der Waals surface area contributed by atoms with E-state index in [0.29, 0.717) is 17.9 Å². The van der Waals surface area contributed by atoms with Crippen molar-refractivity contribution in [1.82, 2.24) is 25.7 Å². The van der Waals surface area contributed by atoms with Crippen molar-refractivity contribution in [1.29, 1.82) is 0 Å². The standard InChI is InChI=1S/C12H17N5O6/c18-9(6-3-15(4-6)12(21)22)13-14-10(19)8-2-1-7-5-16(8)11(20)17(7)23/h6-8,23H,1-5H2,(H,13,18)(H,14,19)(H,21,22)/t7-,8+/m0/s1. The summed E-state index contributed by atoms with van der Waals surface area (Å²) in [4.78, 5) is 48.7. The number of hydrogen-bond acceptors (Lipinski definition) is 5. The van der Waals surface area contributed by atoms with E-state index in [-0.39, 0.29) is 25.7 Å². The highest BCUT2D eigenvalue weighted by Gasteiger charge is 2.47. The number of hydrogen-bond donors (Lipinski definition) is 4. The van der Waals surface area contributed by atoms with E-state index in [9.17, 15) is 24.4 Å². The second-order valence-corrected chi connectivity index (χ2v) is 5.89. The molecular formula is C12H17N5O6. The summed E-state index contributed by atoms with van der Waals surface area (Å²) in [5.74, 6) is -1.50. The minimum atomic E-state index is -1.09. The maximum Gasteiger partial charge on any atom is 0.407 e. The third kappa shape index (κ3) is 2.63. The molecule has 3 aliphatic heterocycles. The van der Waals surface area contributed by atoms with Gasteiger partial charge >= 0.3 is 12.1 Å². The summed E-state index contributed by atoms with van der Waals surface area (Å²) in [6, 6.07) is -1.65. The van der Waals surface area contributed by atoms with Crippen LogP contribution in [0.2, 0.25) is 0 Å². The number of fused-ring (bicyclic) bond motifs is 2. The molecule has 0 aromatic carbocycles. The molecule has 0 radical (unpaired) electrons. The zero-order valence-electron chi connectivity index (χ0n) is 12.1. The number of carbonyl (C=O) groups is 4. The quantitative estimate of drug-likeness (QED) is 0.355. The van der Waals surface area contributed by atoms with Gasteiger partial charge in [-0.2, -0.15) is 0 Å². The highest BCUT2D eigenvalue weighted by Crippen LogP contribution is 2.28. The van der Waals surface area contributed by atoms with Gasteiger partial charge in [0, 0.05) is 19.6 Å². The predicted octanol–water partition coefficient (Wildman–Crippen LogP) is -1.60. The third-order valence-electron chi connectivity index (χ3n) is 4.48.